The summed E-state index contributed by atoms with van der Waals surface area (Å²) in [7, 11) is 0. The Morgan fingerprint density at radius 2 is 1.67 bits per heavy atom. The van der Waals surface area contributed by atoms with Gasteiger partial charge in [0.05, 0.1) is 5.56 Å². The number of alkyl halides is 3. The summed E-state index contributed by atoms with van der Waals surface area (Å²) in [5.74, 6) is -1.20. The SMILES string of the molecule is O=C(O)c1ccn(C(=O)N2CCN(Cc3ccc(C(F)(F)F)cc3N3CCCCC3)CC2)n1. The van der Waals surface area contributed by atoms with E-state index in [1.165, 1.54) is 18.3 Å². The molecule has 0 unspecified atom stereocenters. The van der Waals surface area contributed by atoms with Crippen molar-refractivity contribution >= 4 is 17.7 Å². The number of halogens is 3. The molecule has 3 heterocycles. The Hall–Kier alpha value is -3.08. The first-order valence-electron chi connectivity index (χ1n) is 11.0. The summed E-state index contributed by atoms with van der Waals surface area (Å²) >= 11 is 0. The summed E-state index contributed by atoms with van der Waals surface area (Å²) in [6, 6.07) is 4.84. The molecule has 178 valence electrons. The molecule has 1 aromatic carbocycles. The molecule has 0 radical (unpaired) electrons. The highest BCUT2D eigenvalue weighted by molar-refractivity contribution is 5.86. The van der Waals surface area contributed by atoms with Gasteiger partial charge in [-0.2, -0.15) is 23.0 Å². The number of piperidine rings is 1. The summed E-state index contributed by atoms with van der Waals surface area (Å²) in [5, 5.41) is 12.7. The van der Waals surface area contributed by atoms with Crippen LogP contribution in [0.4, 0.5) is 23.7 Å². The fourth-order valence-electron chi connectivity index (χ4n) is 4.33. The van der Waals surface area contributed by atoms with E-state index in [1.54, 1.807) is 11.0 Å². The number of aromatic carboxylic acids is 1. The quantitative estimate of drug-likeness (QED) is 0.746. The number of anilines is 1. The molecule has 1 aromatic heterocycles. The highest BCUT2D eigenvalue weighted by Crippen LogP contribution is 2.35. The number of rotatable bonds is 4. The highest BCUT2D eigenvalue weighted by Gasteiger charge is 2.32. The van der Waals surface area contributed by atoms with Crippen LogP contribution in [0.5, 0.6) is 0 Å². The number of amides is 1. The Morgan fingerprint density at radius 1 is 0.970 bits per heavy atom. The first-order valence-corrected chi connectivity index (χ1v) is 11.0. The lowest BCUT2D eigenvalue weighted by atomic mass is 10.0. The van der Waals surface area contributed by atoms with E-state index in [4.69, 9.17) is 5.11 Å². The number of carboxylic acid groups (broad SMARTS) is 1. The van der Waals surface area contributed by atoms with Crippen LogP contribution in [-0.2, 0) is 12.7 Å². The van der Waals surface area contributed by atoms with E-state index in [2.05, 4.69) is 10.00 Å². The molecule has 4 rings (SSSR count). The molecule has 2 aliphatic rings. The van der Waals surface area contributed by atoms with Crippen molar-refractivity contribution in [3.63, 3.8) is 0 Å². The molecule has 0 spiro atoms. The molecule has 0 saturated carbocycles. The third-order valence-electron chi connectivity index (χ3n) is 6.15. The van der Waals surface area contributed by atoms with Gasteiger partial charge in [-0.15, -0.1) is 0 Å². The third kappa shape index (κ3) is 5.29. The summed E-state index contributed by atoms with van der Waals surface area (Å²) in [6.45, 7) is 3.94. The van der Waals surface area contributed by atoms with Gasteiger partial charge in [0, 0.05) is 57.7 Å². The number of aromatic nitrogens is 2. The topological polar surface area (TPSA) is 81.9 Å². The number of carboxylic acids is 1. The van der Waals surface area contributed by atoms with Crippen molar-refractivity contribution in [1.29, 1.82) is 0 Å². The minimum atomic E-state index is -4.39. The lowest BCUT2D eigenvalue weighted by Crippen LogP contribution is -2.49. The average molecular weight is 465 g/mol. The minimum Gasteiger partial charge on any atom is -0.476 e. The fraction of sp³-hybridized carbons (Fsp3) is 0.500. The molecule has 2 aliphatic heterocycles. The maximum atomic E-state index is 13.3. The van der Waals surface area contributed by atoms with Gasteiger partial charge in [-0.05, 0) is 43.0 Å². The maximum Gasteiger partial charge on any atom is 0.416 e. The van der Waals surface area contributed by atoms with Gasteiger partial charge in [-0.3, -0.25) is 4.90 Å². The molecular weight excluding hydrogens is 439 g/mol. The van der Waals surface area contributed by atoms with E-state index in [1.807, 2.05) is 4.90 Å². The lowest BCUT2D eigenvalue weighted by Gasteiger charge is -2.36. The predicted octanol–water partition coefficient (Wildman–Crippen LogP) is 3.38. The number of hydrogen-bond donors (Lipinski definition) is 1. The van der Waals surface area contributed by atoms with Crippen LogP contribution in [0.1, 0.15) is 40.9 Å². The summed E-state index contributed by atoms with van der Waals surface area (Å²) in [4.78, 5) is 29.3. The van der Waals surface area contributed by atoms with Crippen molar-refractivity contribution < 1.29 is 27.9 Å². The molecule has 0 aliphatic carbocycles. The third-order valence-corrected chi connectivity index (χ3v) is 6.15. The van der Waals surface area contributed by atoms with Gasteiger partial charge in [0.2, 0.25) is 0 Å². The maximum absolute atomic E-state index is 13.3. The van der Waals surface area contributed by atoms with Gasteiger partial charge in [-0.1, -0.05) is 6.07 Å². The van der Waals surface area contributed by atoms with Crippen molar-refractivity contribution in [2.75, 3.05) is 44.2 Å². The van der Waals surface area contributed by atoms with Crippen LogP contribution >= 0.6 is 0 Å². The molecule has 0 bridgehead atoms. The van der Waals surface area contributed by atoms with E-state index in [0.29, 0.717) is 38.4 Å². The fourth-order valence-corrected chi connectivity index (χ4v) is 4.33. The largest absolute Gasteiger partial charge is 0.476 e. The standard InChI is InChI=1S/C22H26F3N5O3/c23-22(24,25)17-5-4-16(19(14-17)28-7-2-1-3-8-28)15-27-10-12-29(13-11-27)21(33)30-9-6-18(26-30)20(31)32/h4-6,9,14H,1-3,7-8,10-13,15H2,(H,31,32). The molecular formula is C22H26F3N5O3. The number of carbonyl (C=O) groups is 2. The van der Waals surface area contributed by atoms with Crippen molar-refractivity contribution in [2.24, 2.45) is 0 Å². The minimum absolute atomic E-state index is 0.200. The van der Waals surface area contributed by atoms with Gasteiger partial charge in [-0.25, -0.2) is 9.59 Å². The number of nitrogens with zero attached hydrogens (tertiary/aromatic N) is 5. The molecule has 2 fully saturated rings. The van der Waals surface area contributed by atoms with Crippen molar-refractivity contribution in [3.05, 3.63) is 47.3 Å². The Bertz CT molecular complexity index is 1010. The van der Waals surface area contributed by atoms with Crippen molar-refractivity contribution in [3.8, 4) is 0 Å². The average Bonchev–Trinajstić information content (AvgIpc) is 3.30. The molecule has 0 atom stereocenters. The van der Waals surface area contributed by atoms with Crippen LogP contribution in [0, 0.1) is 0 Å². The lowest BCUT2D eigenvalue weighted by molar-refractivity contribution is -0.137. The molecule has 1 amide bonds. The normalized spacial score (nSPS) is 17.9. The van der Waals surface area contributed by atoms with Gasteiger partial charge < -0.3 is 14.9 Å². The van der Waals surface area contributed by atoms with Crippen molar-refractivity contribution in [2.45, 2.75) is 32.0 Å². The van der Waals surface area contributed by atoms with Crippen LogP contribution in [0.3, 0.4) is 0 Å². The van der Waals surface area contributed by atoms with Crippen LogP contribution in [0.2, 0.25) is 0 Å². The van der Waals surface area contributed by atoms with Crippen LogP contribution < -0.4 is 4.90 Å². The van der Waals surface area contributed by atoms with E-state index < -0.39 is 23.7 Å². The number of hydrogen-bond acceptors (Lipinski definition) is 5. The molecule has 1 N–H and O–H groups in total. The van der Waals surface area contributed by atoms with E-state index in [-0.39, 0.29) is 5.69 Å². The summed E-state index contributed by atoms with van der Waals surface area (Å²) in [5.41, 5.74) is 0.653. The molecule has 33 heavy (non-hydrogen) atoms. The number of benzene rings is 1. The summed E-state index contributed by atoms with van der Waals surface area (Å²) in [6.07, 6.45) is -0.0424. The van der Waals surface area contributed by atoms with Gasteiger partial charge in [0.25, 0.3) is 0 Å². The molecule has 11 heteroatoms. The van der Waals surface area contributed by atoms with Gasteiger partial charge in [0.15, 0.2) is 5.69 Å². The predicted molar refractivity (Wildman–Crippen MR) is 114 cm³/mol. The van der Waals surface area contributed by atoms with Crippen molar-refractivity contribution in [1.82, 2.24) is 19.6 Å². The van der Waals surface area contributed by atoms with Crippen LogP contribution in [0.25, 0.3) is 0 Å². The molecule has 2 saturated heterocycles. The van der Waals surface area contributed by atoms with Crippen LogP contribution in [0.15, 0.2) is 30.5 Å². The van der Waals surface area contributed by atoms with Gasteiger partial charge in [0.1, 0.15) is 0 Å². The Morgan fingerprint density at radius 3 is 2.27 bits per heavy atom. The zero-order valence-corrected chi connectivity index (χ0v) is 18.1. The highest BCUT2D eigenvalue weighted by atomic mass is 19.4. The molecule has 2 aromatic rings. The van der Waals surface area contributed by atoms with E-state index in [0.717, 1.165) is 48.7 Å². The number of piperazine rings is 1. The van der Waals surface area contributed by atoms with Crippen LogP contribution in [-0.4, -0.2) is 76.0 Å². The Labute approximate surface area is 189 Å². The van der Waals surface area contributed by atoms with Gasteiger partial charge >= 0.3 is 18.2 Å². The number of carbonyl (C=O) groups excluding carboxylic acids is 1. The first-order chi connectivity index (χ1) is 15.7. The van der Waals surface area contributed by atoms with E-state index in [9.17, 15) is 22.8 Å². The monoisotopic (exact) mass is 465 g/mol. The Kier molecular flexibility index (Phi) is 6.59. The zero-order valence-electron chi connectivity index (χ0n) is 18.1. The smallest absolute Gasteiger partial charge is 0.416 e. The zero-order chi connectivity index (χ0) is 23.6. The second kappa shape index (κ2) is 9.42. The Balaban J connectivity index is 1.43. The second-order valence-corrected chi connectivity index (χ2v) is 8.39. The van der Waals surface area contributed by atoms with E-state index >= 15 is 0 Å². The second-order valence-electron chi connectivity index (χ2n) is 8.39. The molecule has 8 nitrogen and oxygen atoms in total. The first kappa shape index (κ1) is 23.1. The summed E-state index contributed by atoms with van der Waals surface area (Å²) < 4.78 is 41.0.